The first-order valence-electron chi connectivity index (χ1n) is 12.4. The molecule has 0 aliphatic carbocycles. The van der Waals surface area contributed by atoms with Crippen molar-refractivity contribution >= 4 is 29.1 Å². The van der Waals surface area contributed by atoms with E-state index in [1.165, 1.54) is 29.2 Å². The predicted octanol–water partition coefficient (Wildman–Crippen LogP) is 6.19. The molecule has 0 spiro atoms. The highest BCUT2D eigenvalue weighted by Gasteiger charge is 2.46. The number of hydrogen-bond acceptors (Lipinski definition) is 4. The summed E-state index contributed by atoms with van der Waals surface area (Å²) >= 11 is 6.49. The molecule has 2 aromatic carbocycles. The van der Waals surface area contributed by atoms with Crippen LogP contribution in [0.25, 0.3) is 5.76 Å². The van der Waals surface area contributed by atoms with Crippen LogP contribution in [0.15, 0.2) is 54.1 Å². The summed E-state index contributed by atoms with van der Waals surface area (Å²) in [5.41, 5.74) is 0.821. The minimum atomic E-state index is -0.812. The normalized spacial score (nSPS) is 17.5. The summed E-state index contributed by atoms with van der Waals surface area (Å²) < 4.78 is 13.4. The Hall–Kier alpha value is -2.70. The Morgan fingerprint density at radius 2 is 1.57 bits per heavy atom. The highest BCUT2D eigenvalue weighted by molar-refractivity contribution is 6.47. The molecule has 3 rings (SSSR count). The lowest BCUT2D eigenvalue weighted by Crippen LogP contribution is -2.34. The molecule has 7 heteroatoms. The summed E-state index contributed by atoms with van der Waals surface area (Å²) in [4.78, 5) is 30.2. The third kappa shape index (κ3) is 6.50. The van der Waals surface area contributed by atoms with Crippen LogP contribution in [0.2, 0.25) is 5.02 Å². The lowest BCUT2D eigenvalue weighted by Gasteiger charge is -2.28. The van der Waals surface area contributed by atoms with Crippen molar-refractivity contribution in [1.82, 2.24) is 9.80 Å². The van der Waals surface area contributed by atoms with Gasteiger partial charge in [-0.25, -0.2) is 4.39 Å². The molecule has 1 heterocycles. The van der Waals surface area contributed by atoms with Gasteiger partial charge in [-0.05, 0) is 74.8 Å². The number of aliphatic hydroxyl groups is 1. The molecule has 5 nitrogen and oxygen atoms in total. The van der Waals surface area contributed by atoms with Crippen molar-refractivity contribution < 1.29 is 19.1 Å². The van der Waals surface area contributed by atoms with E-state index in [4.69, 9.17) is 11.6 Å². The number of unbranched alkanes of at least 4 members (excludes halogenated alkanes) is 2. The van der Waals surface area contributed by atoms with Gasteiger partial charge in [-0.3, -0.25) is 9.59 Å². The lowest BCUT2D eigenvalue weighted by atomic mass is 9.95. The van der Waals surface area contributed by atoms with Crippen molar-refractivity contribution in [3.05, 3.63) is 76.1 Å². The molecule has 1 N–H and O–H groups in total. The minimum absolute atomic E-state index is 0.0245. The van der Waals surface area contributed by atoms with Crippen LogP contribution in [0.1, 0.15) is 63.1 Å². The number of carbonyl (C=O) groups is 2. The molecule has 35 heavy (non-hydrogen) atoms. The summed E-state index contributed by atoms with van der Waals surface area (Å²) in [6.45, 7) is 7.53. The van der Waals surface area contributed by atoms with E-state index in [2.05, 4.69) is 18.7 Å². The molecule has 1 atom stereocenters. The van der Waals surface area contributed by atoms with E-state index in [1.54, 1.807) is 24.3 Å². The van der Waals surface area contributed by atoms with Gasteiger partial charge >= 0.3 is 0 Å². The molecule has 0 radical (unpaired) electrons. The molecular formula is C28H34ClFN2O3. The molecule has 0 unspecified atom stereocenters. The number of rotatable bonds is 12. The fraction of sp³-hybridized carbons (Fsp3) is 0.429. The molecule has 1 saturated heterocycles. The third-order valence-electron chi connectivity index (χ3n) is 6.39. The number of Topliss-reactive ketones (excluding diaryl/α,β-unsaturated/α-hetero) is 1. The average molecular weight is 501 g/mol. The largest absolute Gasteiger partial charge is 0.507 e. The monoisotopic (exact) mass is 500 g/mol. The number of ketones is 1. The summed E-state index contributed by atoms with van der Waals surface area (Å²) in [6, 6.07) is 11.4. The first-order chi connectivity index (χ1) is 16.9. The van der Waals surface area contributed by atoms with E-state index in [9.17, 15) is 19.1 Å². The van der Waals surface area contributed by atoms with E-state index in [0.29, 0.717) is 23.6 Å². The smallest absolute Gasteiger partial charge is 0.295 e. The van der Waals surface area contributed by atoms with Crippen molar-refractivity contribution in [1.29, 1.82) is 0 Å². The van der Waals surface area contributed by atoms with Crippen molar-refractivity contribution in [2.24, 2.45) is 0 Å². The highest BCUT2D eigenvalue weighted by atomic mass is 35.5. The van der Waals surface area contributed by atoms with Crippen molar-refractivity contribution in [2.45, 2.75) is 52.0 Å². The minimum Gasteiger partial charge on any atom is -0.507 e. The van der Waals surface area contributed by atoms with Crippen LogP contribution in [-0.4, -0.2) is 52.8 Å². The Balaban J connectivity index is 1.92. The molecule has 0 bridgehead atoms. The maximum absolute atomic E-state index is 13.4. The van der Waals surface area contributed by atoms with Crippen molar-refractivity contribution in [3.8, 4) is 0 Å². The average Bonchev–Trinajstić information content (AvgIpc) is 3.10. The van der Waals surface area contributed by atoms with Gasteiger partial charge in [0, 0.05) is 17.1 Å². The molecule has 0 aromatic heterocycles. The Morgan fingerprint density at radius 1 is 0.971 bits per heavy atom. The molecular weight excluding hydrogens is 467 g/mol. The zero-order valence-corrected chi connectivity index (χ0v) is 21.2. The molecule has 1 aliphatic rings. The number of halogens is 2. The second-order valence-electron chi connectivity index (χ2n) is 8.92. The maximum Gasteiger partial charge on any atom is 0.295 e. The van der Waals surface area contributed by atoms with Gasteiger partial charge in [0.1, 0.15) is 11.6 Å². The number of aliphatic hydroxyl groups excluding tert-OH is 1. The standard InChI is InChI=1S/C28H34ClFN2O3/c1-3-5-16-31(17-6-4-2)18-9-19-32-25(22-10-7-8-11-23(22)29)24(27(34)28(32)35)26(33)20-12-14-21(30)15-13-20/h7-8,10-15,25,33H,3-6,9,16-19H2,1-2H3/t25-/m0/s1. The fourth-order valence-corrected chi connectivity index (χ4v) is 4.70. The van der Waals surface area contributed by atoms with Crippen LogP contribution in [-0.2, 0) is 9.59 Å². The van der Waals surface area contributed by atoms with Crippen LogP contribution < -0.4 is 0 Å². The topological polar surface area (TPSA) is 60.9 Å². The number of hydrogen-bond donors (Lipinski definition) is 1. The van der Waals surface area contributed by atoms with Crippen molar-refractivity contribution in [3.63, 3.8) is 0 Å². The van der Waals surface area contributed by atoms with Gasteiger partial charge in [0.2, 0.25) is 0 Å². The first kappa shape index (κ1) is 26.9. The van der Waals surface area contributed by atoms with Crippen LogP contribution in [0, 0.1) is 5.82 Å². The van der Waals surface area contributed by atoms with Gasteiger partial charge < -0.3 is 14.9 Å². The second kappa shape index (κ2) is 12.8. The van der Waals surface area contributed by atoms with E-state index < -0.39 is 23.5 Å². The van der Waals surface area contributed by atoms with E-state index in [1.807, 2.05) is 0 Å². The number of carbonyl (C=O) groups excluding carboxylic acids is 2. The van der Waals surface area contributed by atoms with Gasteiger partial charge in [0.25, 0.3) is 11.7 Å². The third-order valence-corrected chi connectivity index (χ3v) is 6.73. The quantitative estimate of drug-likeness (QED) is 0.214. The summed E-state index contributed by atoms with van der Waals surface area (Å²) in [6.07, 6.45) is 5.16. The van der Waals surface area contributed by atoms with Gasteiger partial charge in [-0.1, -0.05) is 56.5 Å². The van der Waals surface area contributed by atoms with Gasteiger partial charge in [0.15, 0.2) is 0 Å². The second-order valence-corrected chi connectivity index (χ2v) is 9.33. The predicted molar refractivity (Wildman–Crippen MR) is 138 cm³/mol. The highest BCUT2D eigenvalue weighted by Crippen LogP contribution is 2.41. The van der Waals surface area contributed by atoms with Gasteiger partial charge in [-0.2, -0.15) is 0 Å². The molecule has 188 valence electrons. The summed E-state index contributed by atoms with van der Waals surface area (Å²) in [7, 11) is 0. The zero-order valence-electron chi connectivity index (χ0n) is 20.5. The Bertz CT molecular complexity index is 1050. The number of likely N-dealkylation sites (tertiary alicyclic amines) is 1. The summed E-state index contributed by atoms with van der Waals surface area (Å²) in [5, 5.41) is 11.5. The number of nitrogens with zero attached hydrogens (tertiary/aromatic N) is 2. The van der Waals surface area contributed by atoms with Gasteiger partial charge in [0.05, 0.1) is 11.6 Å². The first-order valence-corrected chi connectivity index (χ1v) is 12.8. The molecule has 1 amide bonds. The Labute approximate surface area is 212 Å². The number of amides is 1. The molecule has 0 saturated carbocycles. The summed E-state index contributed by atoms with van der Waals surface area (Å²) in [5.74, 6) is -2.21. The van der Waals surface area contributed by atoms with Crippen LogP contribution in [0.4, 0.5) is 4.39 Å². The Morgan fingerprint density at radius 3 is 2.17 bits per heavy atom. The van der Waals surface area contributed by atoms with Crippen LogP contribution >= 0.6 is 11.6 Å². The number of benzene rings is 2. The van der Waals surface area contributed by atoms with Crippen LogP contribution in [0.5, 0.6) is 0 Å². The van der Waals surface area contributed by atoms with Crippen molar-refractivity contribution in [2.75, 3.05) is 26.2 Å². The van der Waals surface area contributed by atoms with E-state index in [-0.39, 0.29) is 16.9 Å². The van der Waals surface area contributed by atoms with Crippen LogP contribution in [0.3, 0.4) is 0 Å². The zero-order chi connectivity index (χ0) is 25.4. The Kier molecular flexibility index (Phi) is 9.87. The van der Waals surface area contributed by atoms with E-state index in [0.717, 1.165) is 45.3 Å². The maximum atomic E-state index is 13.4. The SMILES string of the molecule is CCCCN(CCCC)CCCN1C(=O)C(=O)C(=C(O)c2ccc(F)cc2)[C@@H]1c1ccccc1Cl. The molecule has 2 aromatic rings. The fourth-order valence-electron chi connectivity index (χ4n) is 4.46. The lowest BCUT2D eigenvalue weighted by molar-refractivity contribution is -0.140. The molecule has 1 fully saturated rings. The molecule has 1 aliphatic heterocycles. The van der Waals surface area contributed by atoms with Gasteiger partial charge in [-0.15, -0.1) is 0 Å². The van der Waals surface area contributed by atoms with E-state index >= 15 is 0 Å².